The Balaban J connectivity index is 1.66. The van der Waals surface area contributed by atoms with Gasteiger partial charge in [-0.25, -0.2) is 4.79 Å². The summed E-state index contributed by atoms with van der Waals surface area (Å²) in [7, 11) is 1.46. The molecule has 0 spiro atoms. The van der Waals surface area contributed by atoms with E-state index in [0.717, 1.165) is 11.1 Å². The maximum Gasteiger partial charge on any atom is 0.326 e. The third kappa shape index (κ3) is 8.90. The van der Waals surface area contributed by atoms with Crippen molar-refractivity contribution < 1.29 is 33.8 Å². The number of nitrogens with zero attached hydrogens (tertiary/aromatic N) is 2. The second kappa shape index (κ2) is 14.6. The third-order valence-electron chi connectivity index (χ3n) is 6.95. The fourth-order valence-corrected chi connectivity index (χ4v) is 4.66. The lowest BCUT2D eigenvalue weighted by molar-refractivity contribution is -0.145. The zero-order chi connectivity index (χ0) is 30.8. The molecule has 11 heteroatoms. The number of likely N-dealkylation sites (N-methyl/N-ethyl adjacent to an activating group) is 1. The largest absolute Gasteiger partial charge is 0.491 e. The van der Waals surface area contributed by atoms with E-state index in [1.54, 1.807) is 42.5 Å². The molecule has 1 aliphatic rings. The molecule has 0 aromatic heterocycles. The van der Waals surface area contributed by atoms with Crippen LogP contribution in [0.4, 0.5) is 0 Å². The van der Waals surface area contributed by atoms with Gasteiger partial charge in [-0.1, -0.05) is 72.8 Å². The summed E-state index contributed by atoms with van der Waals surface area (Å²) in [4.78, 5) is 67.5. The van der Waals surface area contributed by atoms with E-state index in [-0.39, 0.29) is 31.0 Å². The molecular formula is C32H34N4O7. The zero-order valence-electron chi connectivity index (χ0n) is 23.8. The molecule has 4 rings (SSSR count). The number of fused-ring (bicyclic) bond motifs is 1. The minimum atomic E-state index is -1.57. The highest BCUT2D eigenvalue weighted by Crippen LogP contribution is 2.19. The van der Waals surface area contributed by atoms with Gasteiger partial charge in [-0.2, -0.15) is 0 Å². The highest BCUT2D eigenvalue weighted by Gasteiger charge is 2.30. The normalized spacial score (nSPS) is 19.0. The summed E-state index contributed by atoms with van der Waals surface area (Å²) in [6.07, 6.45) is -0.174. The summed E-state index contributed by atoms with van der Waals surface area (Å²) in [5.41, 5.74) is 1.74. The van der Waals surface area contributed by atoms with Crippen LogP contribution in [0.25, 0.3) is 0 Å². The van der Waals surface area contributed by atoms with Crippen molar-refractivity contribution in [1.29, 1.82) is 0 Å². The zero-order valence-corrected chi connectivity index (χ0v) is 23.8. The van der Waals surface area contributed by atoms with E-state index in [1.165, 1.54) is 22.9 Å². The molecule has 0 fully saturated rings. The fourth-order valence-electron chi connectivity index (χ4n) is 4.66. The number of para-hydroxylation sites is 1. The first-order valence-corrected chi connectivity index (χ1v) is 13.8. The smallest absolute Gasteiger partial charge is 0.326 e. The van der Waals surface area contributed by atoms with Gasteiger partial charge in [-0.15, -0.1) is 0 Å². The van der Waals surface area contributed by atoms with Gasteiger partial charge in [-0.3, -0.25) is 19.2 Å². The van der Waals surface area contributed by atoms with E-state index in [1.807, 2.05) is 36.4 Å². The predicted octanol–water partition coefficient (Wildman–Crippen LogP) is 1.87. The standard InChI is InChI=1S/C32H34N4O7/c1-35-19-28(37)33-24(16-22-10-4-2-5-11-22)21-43-27-15-9-8-14-25(27)31(40)34-26(32(41)42)17-29(38)36(20-30(35)39)18-23-12-6-3-7-13-23/h2-15,24,26H,16-21H2,1H3,(H,33,37)(H,34,40)(H,41,42)/t24-,26+/m1/s1. The van der Waals surface area contributed by atoms with Gasteiger partial charge in [0.1, 0.15) is 24.9 Å². The number of amides is 4. The van der Waals surface area contributed by atoms with Crippen LogP contribution < -0.4 is 15.4 Å². The van der Waals surface area contributed by atoms with Crippen molar-refractivity contribution in [3.05, 3.63) is 102 Å². The molecule has 3 N–H and O–H groups in total. The summed E-state index contributed by atoms with van der Waals surface area (Å²) < 4.78 is 5.99. The molecule has 0 unspecified atom stereocenters. The van der Waals surface area contributed by atoms with Gasteiger partial charge < -0.3 is 30.3 Å². The Hall–Kier alpha value is -5.19. The number of carbonyl (C=O) groups excluding carboxylic acids is 4. The van der Waals surface area contributed by atoms with Crippen LogP contribution in [0.15, 0.2) is 84.9 Å². The minimum Gasteiger partial charge on any atom is -0.491 e. The van der Waals surface area contributed by atoms with E-state index in [9.17, 15) is 29.1 Å². The van der Waals surface area contributed by atoms with Gasteiger partial charge in [0.25, 0.3) is 5.91 Å². The molecule has 3 aromatic carbocycles. The molecule has 0 radical (unpaired) electrons. The van der Waals surface area contributed by atoms with E-state index >= 15 is 0 Å². The average Bonchev–Trinajstić information content (AvgIpc) is 2.99. The number of aliphatic carboxylic acids is 1. The monoisotopic (exact) mass is 586 g/mol. The number of carboxylic acid groups (broad SMARTS) is 1. The van der Waals surface area contributed by atoms with E-state index < -0.39 is 54.6 Å². The number of nitrogens with one attached hydrogen (secondary N) is 2. The first-order valence-electron chi connectivity index (χ1n) is 13.8. The highest BCUT2D eigenvalue weighted by atomic mass is 16.5. The van der Waals surface area contributed by atoms with Gasteiger partial charge in [0.15, 0.2) is 0 Å². The van der Waals surface area contributed by atoms with Crippen LogP contribution in [-0.4, -0.2) is 83.3 Å². The third-order valence-corrected chi connectivity index (χ3v) is 6.95. The van der Waals surface area contributed by atoms with Crippen molar-refractivity contribution in [1.82, 2.24) is 20.4 Å². The van der Waals surface area contributed by atoms with Crippen molar-refractivity contribution in [2.75, 3.05) is 26.7 Å². The predicted molar refractivity (Wildman–Crippen MR) is 157 cm³/mol. The van der Waals surface area contributed by atoms with Crippen LogP contribution in [0.1, 0.15) is 27.9 Å². The van der Waals surface area contributed by atoms with Crippen molar-refractivity contribution in [3.63, 3.8) is 0 Å². The van der Waals surface area contributed by atoms with Crippen LogP contribution >= 0.6 is 0 Å². The van der Waals surface area contributed by atoms with Crippen molar-refractivity contribution >= 4 is 29.6 Å². The van der Waals surface area contributed by atoms with Crippen LogP contribution in [-0.2, 0) is 32.1 Å². The Morgan fingerprint density at radius 1 is 0.837 bits per heavy atom. The Morgan fingerprint density at radius 3 is 2.14 bits per heavy atom. The van der Waals surface area contributed by atoms with E-state index in [0.29, 0.717) is 6.42 Å². The van der Waals surface area contributed by atoms with Crippen molar-refractivity contribution in [2.45, 2.75) is 31.5 Å². The molecule has 0 saturated carbocycles. The Kier molecular flexibility index (Phi) is 10.5. The lowest BCUT2D eigenvalue weighted by Gasteiger charge is -2.27. The van der Waals surface area contributed by atoms with Crippen LogP contribution in [0.2, 0.25) is 0 Å². The summed E-state index contributed by atoms with van der Waals surface area (Å²) >= 11 is 0. The number of carbonyl (C=O) groups is 5. The summed E-state index contributed by atoms with van der Waals surface area (Å²) in [6, 6.07) is 22.6. The molecule has 43 heavy (non-hydrogen) atoms. The molecule has 1 aliphatic heterocycles. The summed E-state index contributed by atoms with van der Waals surface area (Å²) in [5, 5.41) is 15.2. The molecule has 2 atom stereocenters. The van der Waals surface area contributed by atoms with E-state index in [4.69, 9.17) is 4.74 Å². The number of benzene rings is 3. The SMILES string of the molecule is CN1CC(=O)N[C@H](Cc2ccccc2)COc2ccccc2C(=O)N[C@H](C(=O)O)CC(=O)N(Cc2ccccc2)CC1=O. The summed E-state index contributed by atoms with van der Waals surface area (Å²) in [5.74, 6) is -3.55. The molecule has 4 amide bonds. The maximum atomic E-state index is 13.4. The Morgan fingerprint density at radius 2 is 1.47 bits per heavy atom. The molecule has 11 nitrogen and oxygen atoms in total. The number of carboxylic acids is 1. The number of hydrogen-bond acceptors (Lipinski definition) is 6. The first kappa shape index (κ1) is 30.8. The highest BCUT2D eigenvalue weighted by molar-refractivity contribution is 6.00. The summed E-state index contributed by atoms with van der Waals surface area (Å²) in [6.45, 7) is -0.640. The van der Waals surface area contributed by atoms with E-state index in [2.05, 4.69) is 10.6 Å². The second-order valence-corrected chi connectivity index (χ2v) is 10.3. The molecule has 3 aromatic rings. The van der Waals surface area contributed by atoms with Crippen molar-refractivity contribution in [2.24, 2.45) is 0 Å². The lowest BCUT2D eigenvalue weighted by atomic mass is 10.1. The number of hydrogen-bond donors (Lipinski definition) is 3. The quantitative estimate of drug-likeness (QED) is 0.414. The van der Waals surface area contributed by atoms with Crippen molar-refractivity contribution in [3.8, 4) is 5.75 Å². The topological polar surface area (TPSA) is 145 Å². The average molecular weight is 587 g/mol. The molecule has 1 heterocycles. The Bertz CT molecular complexity index is 1450. The fraction of sp³-hybridized carbons (Fsp3) is 0.281. The van der Waals surface area contributed by atoms with Crippen LogP contribution in [0, 0.1) is 0 Å². The van der Waals surface area contributed by atoms with Gasteiger partial charge >= 0.3 is 5.97 Å². The maximum absolute atomic E-state index is 13.4. The van der Waals surface area contributed by atoms with Crippen LogP contribution in [0.3, 0.4) is 0 Å². The van der Waals surface area contributed by atoms with Gasteiger partial charge in [-0.05, 0) is 29.7 Å². The number of ether oxygens (including phenoxy) is 1. The first-order chi connectivity index (χ1) is 20.7. The molecule has 0 bridgehead atoms. The Labute approximate surface area is 249 Å². The molecular weight excluding hydrogens is 552 g/mol. The van der Waals surface area contributed by atoms with Gasteiger partial charge in [0, 0.05) is 13.6 Å². The lowest BCUT2D eigenvalue weighted by Crippen LogP contribution is -2.49. The second-order valence-electron chi connectivity index (χ2n) is 10.3. The molecule has 224 valence electrons. The minimum absolute atomic E-state index is 0.00567. The molecule has 0 saturated heterocycles. The van der Waals surface area contributed by atoms with Crippen LogP contribution in [0.5, 0.6) is 5.75 Å². The van der Waals surface area contributed by atoms with Gasteiger partial charge in [0.2, 0.25) is 17.7 Å². The molecule has 0 aliphatic carbocycles. The number of rotatable bonds is 5. The van der Waals surface area contributed by atoms with Gasteiger partial charge in [0.05, 0.1) is 24.6 Å².